The Hall–Kier alpha value is -2.13. The van der Waals surface area contributed by atoms with E-state index in [0.717, 1.165) is 18.7 Å². The van der Waals surface area contributed by atoms with Gasteiger partial charge < -0.3 is 5.32 Å². The summed E-state index contributed by atoms with van der Waals surface area (Å²) in [4.78, 5) is 26.7. The van der Waals surface area contributed by atoms with Crippen LogP contribution in [0.5, 0.6) is 0 Å². The first-order valence-electron chi connectivity index (χ1n) is 7.23. The second kappa shape index (κ2) is 8.11. The third-order valence-corrected chi connectivity index (χ3v) is 4.34. The van der Waals surface area contributed by atoms with Crippen molar-refractivity contribution in [1.29, 1.82) is 0 Å². The van der Waals surface area contributed by atoms with Gasteiger partial charge in [-0.2, -0.15) is 0 Å². The minimum Gasteiger partial charge on any atom is -0.324 e. The van der Waals surface area contributed by atoms with Gasteiger partial charge in [-0.3, -0.25) is 20.0 Å². The summed E-state index contributed by atoms with van der Waals surface area (Å²) in [5.41, 5.74) is 0.186. The molecule has 0 saturated heterocycles. The predicted molar refractivity (Wildman–Crippen MR) is 92.4 cm³/mol. The minimum atomic E-state index is -0.549. The van der Waals surface area contributed by atoms with Crippen LogP contribution in [0.1, 0.15) is 26.1 Å². The summed E-state index contributed by atoms with van der Waals surface area (Å²) in [6.07, 6.45) is 1.75. The number of hydrogen-bond acceptors (Lipinski definition) is 6. The predicted octanol–water partition coefficient (Wildman–Crippen LogP) is 3.44. The van der Waals surface area contributed by atoms with Crippen LogP contribution in [0.4, 0.5) is 11.4 Å². The highest BCUT2D eigenvalue weighted by Gasteiger charge is 2.19. The second-order valence-corrected chi connectivity index (χ2v) is 6.70. The molecule has 1 unspecified atom stereocenters. The van der Waals surface area contributed by atoms with E-state index in [9.17, 15) is 14.9 Å². The summed E-state index contributed by atoms with van der Waals surface area (Å²) >= 11 is 7.18. The van der Waals surface area contributed by atoms with Gasteiger partial charge in [-0.05, 0) is 19.4 Å². The number of anilines is 1. The first kappa shape index (κ1) is 18.2. The molecule has 1 heterocycles. The number of nitro benzene ring substituents is 1. The lowest BCUT2D eigenvalue weighted by atomic mass is 10.2. The fourth-order valence-corrected chi connectivity index (χ4v) is 2.81. The van der Waals surface area contributed by atoms with Gasteiger partial charge in [0.25, 0.3) is 5.69 Å². The Labute approximate surface area is 147 Å². The molecule has 8 nitrogen and oxygen atoms in total. The molecule has 2 N–H and O–H groups in total. The van der Waals surface area contributed by atoms with Crippen LogP contribution < -0.4 is 5.32 Å². The Morgan fingerprint density at radius 3 is 2.92 bits per heavy atom. The number of aromatic amines is 1. The van der Waals surface area contributed by atoms with Crippen molar-refractivity contribution in [3.05, 3.63) is 39.2 Å². The van der Waals surface area contributed by atoms with Crippen molar-refractivity contribution in [2.75, 3.05) is 5.32 Å². The van der Waals surface area contributed by atoms with Crippen LogP contribution in [0.3, 0.4) is 0 Å². The lowest BCUT2D eigenvalue weighted by molar-refractivity contribution is -0.384. The molecule has 0 aliphatic carbocycles. The van der Waals surface area contributed by atoms with Crippen LogP contribution >= 0.6 is 23.4 Å². The summed E-state index contributed by atoms with van der Waals surface area (Å²) in [5.74, 6) is 0.489. The third kappa shape index (κ3) is 4.68. The maximum atomic E-state index is 12.2. The number of thioether (sulfide) groups is 1. The van der Waals surface area contributed by atoms with Crippen molar-refractivity contribution in [3.63, 3.8) is 0 Å². The van der Waals surface area contributed by atoms with Crippen LogP contribution in [-0.4, -0.2) is 31.3 Å². The third-order valence-electron chi connectivity index (χ3n) is 3.07. The molecule has 0 aliphatic rings. The van der Waals surface area contributed by atoms with Crippen molar-refractivity contribution in [2.45, 2.75) is 37.1 Å². The number of hydrogen-bond donors (Lipinski definition) is 2. The fourth-order valence-electron chi connectivity index (χ4n) is 1.84. The molecule has 1 amide bonds. The summed E-state index contributed by atoms with van der Waals surface area (Å²) in [5, 5.41) is 20.4. The van der Waals surface area contributed by atoms with Gasteiger partial charge in [-0.25, -0.2) is 4.98 Å². The zero-order valence-electron chi connectivity index (χ0n) is 13.1. The van der Waals surface area contributed by atoms with Crippen LogP contribution in [-0.2, 0) is 11.2 Å². The second-order valence-electron chi connectivity index (χ2n) is 4.99. The topological polar surface area (TPSA) is 114 Å². The maximum Gasteiger partial charge on any atom is 0.271 e. The van der Waals surface area contributed by atoms with Crippen LogP contribution in [0.25, 0.3) is 0 Å². The molecule has 0 spiro atoms. The quantitative estimate of drug-likeness (QED) is 0.439. The van der Waals surface area contributed by atoms with E-state index >= 15 is 0 Å². The lowest BCUT2D eigenvalue weighted by Gasteiger charge is -2.11. The number of amides is 1. The average molecular weight is 370 g/mol. The van der Waals surface area contributed by atoms with E-state index in [1.54, 1.807) is 6.92 Å². The molecule has 24 heavy (non-hydrogen) atoms. The molecule has 1 aromatic heterocycles. The molecule has 1 aromatic carbocycles. The Bertz CT molecular complexity index is 752. The summed E-state index contributed by atoms with van der Waals surface area (Å²) < 4.78 is 0. The normalized spacial score (nSPS) is 12.0. The monoisotopic (exact) mass is 369 g/mol. The van der Waals surface area contributed by atoms with Gasteiger partial charge in [-0.15, -0.1) is 5.10 Å². The van der Waals surface area contributed by atoms with Gasteiger partial charge in [0, 0.05) is 18.6 Å². The molecular weight excluding hydrogens is 354 g/mol. The number of carbonyl (C=O) groups is 1. The molecule has 0 aliphatic heterocycles. The lowest BCUT2D eigenvalue weighted by Crippen LogP contribution is -2.22. The zero-order chi connectivity index (χ0) is 17.7. The van der Waals surface area contributed by atoms with Crippen molar-refractivity contribution in [3.8, 4) is 0 Å². The Kier molecular flexibility index (Phi) is 6.16. The van der Waals surface area contributed by atoms with Crippen molar-refractivity contribution in [2.24, 2.45) is 0 Å². The number of nitro groups is 1. The summed E-state index contributed by atoms with van der Waals surface area (Å²) in [7, 11) is 0. The molecule has 1 atom stereocenters. The van der Waals surface area contributed by atoms with E-state index in [-0.39, 0.29) is 16.6 Å². The van der Waals surface area contributed by atoms with Crippen molar-refractivity contribution in [1.82, 2.24) is 15.2 Å². The number of H-pyrrole nitrogens is 1. The van der Waals surface area contributed by atoms with Gasteiger partial charge in [0.2, 0.25) is 11.1 Å². The minimum absolute atomic E-state index is 0.109. The standard InChI is InChI=1S/C14H16ClN5O3S/c1-3-4-12-17-14(19-18-12)24-8(2)13(21)16-11-6-5-9(20(22)23)7-10(11)15/h5-8H,3-4H2,1-2H3,(H,16,21)(H,17,18,19). The Morgan fingerprint density at radius 1 is 1.54 bits per heavy atom. The highest BCUT2D eigenvalue weighted by Crippen LogP contribution is 2.28. The van der Waals surface area contributed by atoms with E-state index in [1.165, 1.54) is 30.0 Å². The molecule has 0 saturated carbocycles. The number of nitrogens with one attached hydrogen (secondary N) is 2. The molecule has 128 valence electrons. The molecule has 0 radical (unpaired) electrons. The number of halogens is 1. The highest BCUT2D eigenvalue weighted by molar-refractivity contribution is 8.00. The van der Waals surface area contributed by atoms with E-state index in [1.807, 2.05) is 6.92 Å². The molecule has 2 aromatic rings. The number of benzene rings is 1. The van der Waals surface area contributed by atoms with E-state index in [2.05, 4.69) is 20.5 Å². The van der Waals surface area contributed by atoms with Crippen LogP contribution in [0.2, 0.25) is 5.02 Å². The summed E-state index contributed by atoms with van der Waals surface area (Å²) in [6.45, 7) is 3.76. The number of rotatable bonds is 7. The Balaban J connectivity index is 1.99. The van der Waals surface area contributed by atoms with Gasteiger partial charge in [-0.1, -0.05) is 30.3 Å². The van der Waals surface area contributed by atoms with Crippen LogP contribution in [0.15, 0.2) is 23.4 Å². The number of carbonyl (C=O) groups excluding carboxylic acids is 1. The molecule has 0 fully saturated rings. The van der Waals surface area contributed by atoms with Gasteiger partial charge in [0.05, 0.1) is 20.9 Å². The van der Waals surface area contributed by atoms with Crippen molar-refractivity contribution >= 4 is 40.6 Å². The SMILES string of the molecule is CCCc1nc(SC(C)C(=O)Nc2ccc([N+](=O)[O-])cc2Cl)n[nH]1. The van der Waals surface area contributed by atoms with E-state index < -0.39 is 10.2 Å². The molecular formula is C14H16ClN5O3S. The smallest absolute Gasteiger partial charge is 0.271 e. The zero-order valence-corrected chi connectivity index (χ0v) is 14.6. The summed E-state index contributed by atoms with van der Waals surface area (Å²) in [6, 6.07) is 3.88. The maximum absolute atomic E-state index is 12.2. The van der Waals surface area contributed by atoms with E-state index in [0.29, 0.717) is 10.8 Å². The first-order valence-corrected chi connectivity index (χ1v) is 8.49. The molecule has 0 bridgehead atoms. The number of aromatic nitrogens is 3. The van der Waals surface area contributed by atoms with Gasteiger partial charge in [0.15, 0.2) is 0 Å². The highest BCUT2D eigenvalue weighted by atomic mass is 35.5. The number of non-ortho nitro benzene ring substituents is 1. The van der Waals surface area contributed by atoms with Crippen LogP contribution in [0, 0.1) is 10.1 Å². The Morgan fingerprint density at radius 2 is 2.29 bits per heavy atom. The molecule has 10 heteroatoms. The largest absolute Gasteiger partial charge is 0.324 e. The van der Waals surface area contributed by atoms with Gasteiger partial charge >= 0.3 is 0 Å². The first-order chi connectivity index (χ1) is 11.4. The molecule has 2 rings (SSSR count). The van der Waals surface area contributed by atoms with Crippen molar-refractivity contribution < 1.29 is 9.72 Å². The fraction of sp³-hybridized carbons (Fsp3) is 0.357. The number of aryl methyl sites for hydroxylation is 1. The average Bonchev–Trinajstić information content (AvgIpc) is 2.96. The number of nitrogens with zero attached hydrogens (tertiary/aromatic N) is 3. The van der Waals surface area contributed by atoms with Gasteiger partial charge in [0.1, 0.15) is 5.82 Å². The van der Waals surface area contributed by atoms with E-state index in [4.69, 9.17) is 11.6 Å².